The van der Waals surface area contributed by atoms with Crippen molar-refractivity contribution >= 4 is 11.6 Å². The summed E-state index contributed by atoms with van der Waals surface area (Å²) in [6, 6.07) is 1.91. The number of rotatable bonds is 3. The fourth-order valence-electron chi connectivity index (χ4n) is 2.03. The average Bonchev–Trinajstić information content (AvgIpc) is 2.15. The first-order chi connectivity index (χ1) is 6.99. The standard InChI is InChI=1S/C12H18ClNO/c1-7-6-8(2)12(13)9(3)11(7)10(14)4-5-15/h6,10,15H,4-5,14H2,1-3H3. The van der Waals surface area contributed by atoms with Crippen molar-refractivity contribution in [3.8, 4) is 0 Å². The molecule has 0 fully saturated rings. The molecule has 0 spiro atoms. The van der Waals surface area contributed by atoms with Crippen molar-refractivity contribution in [3.05, 3.63) is 33.3 Å². The van der Waals surface area contributed by atoms with Crippen LogP contribution in [0, 0.1) is 20.8 Å². The van der Waals surface area contributed by atoms with E-state index in [0.717, 1.165) is 27.3 Å². The zero-order valence-electron chi connectivity index (χ0n) is 9.47. The van der Waals surface area contributed by atoms with Crippen LogP contribution in [0.3, 0.4) is 0 Å². The maximum absolute atomic E-state index is 8.89. The zero-order chi connectivity index (χ0) is 11.6. The van der Waals surface area contributed by atoms with Gasteiger partial charge >= 0.3 is 0 Å². The number of benzene rings is 1. The Morgan fingerprint density at radius 2 is 1.93 bits per heavy atom. The van der Waals surface area contributed by atoms with E-state index in [9.17, 15) is 0 Å². The lowest BCUT2D eigenvalue weighted by Crippen LogP contribution is -2.15. The van der Waals surface area contributed by atoms with Gasteiger partial charge in [-0.05, 0) is 49.4 Å². The second-order valence-electron chi connectivity index (χ2n) is 3.98. The summed E-state index contributed by atoms with van der Waals surface area (Å²) in [5, 5.41) is 9.67. The van der Waals surface area contributed by atoms with Crippen LogP contribution in [0.5, 0.6) is 0 Å². The Balaban J connectivity index is 3.23. The molecule has 0 saturated carbocycles. The van der Waals surface area contributed by atoms with Crippen LogP contribution in [0.2, 0.25) is 5.02 Å². The van der Waals surface area contributed by atoms with Crippen LogP contribution in [0.25, 0.3) is 0 Å². The summed E-state index contributed by atoms with van der Waals surface area (Å²) >= 11 is 6.18. The van der Waals surface area contributed by atoms with Crippen LogP contribution in [0.1, 0.15) is 34.7 Å². The molecule has 0 aliphatic rings. The quantitative estimate of drug-likeness (QED) is 0.834. The third-order valence-corrected chi connectivity index (χ3v) is 3.33. The Morgan fingerprint density at radius 3 is 2.47 bits per heavy atom. The lowest BCUT2D eigenvalue weighted by molar-refractivity contribution is 0.276. The van der Waals surface area contributed by atoms with E-state index in [0.29, 0.717) is 6.42 Å². The molecule has 3 heteroatoms. The average molecular weight is 228 g/mol. The van der Waals surface area contributed by atoms with Crippen molar-refractivity contribution in [2.75, 3.05) is 6.61 Å². The summed E-state index contributed by atoms with van der Waals surface area (Å²) in [6.45, 7) is 6.10. The predicted molar refractivity (Wildman–Crippen MR) is 64.3 cm³/mol. The van der Waals surface area contributed by atoms with Crippen LogP contribution in [-0.2, 0) is 0 Å². The Bertz CT molecular complexity index is 363. The van der Waals surface area contributed by atoms with Gasteiger partial charge < -0.3 is 10.8 Å². The number of halogens is 1. The van der Waals surface area contributed by atoms with Crippen LogP contribution in [0.4, 0.5) is 0 Å². The highest BCUT2D eigenvalue weighted by molar-refractivity contribution is 6.32. The van der Waals surface area contributed by atoms with Crippen molar-refractivity contribution in [2.24, 2.45) is 5.73 Å². The molecule has 1 atom stereocenters. The van der Waals surface area contributed by atoms with Crippen LogP contribution in [-0.4, -0.2) is 11.7 Å². The van der Waals surface area contributed by atoms with Gasteiger partial charge in [0, 0.05) is 17.7 Å². The van der Waals surface area contributed by atoms with Crippen molar-refractivity contribution in [2.45, 2.75) is 33.2 Å². The van der Waals surface area contributed by atoms with Gasteiger partial charge in [0.25, 0.3) is 0 Å². The molecule has 3 N–H and O–H groups in total. The Labute approximate surface area is 96.1 Å². The molecule has 0 radical (unpaired) electrons. The molecular formula is C12H18ClNO. The molecule has 1 aromatic rings. The van der Waals surface area contributed by atoms with Gasteiger partial charge in [-0.1, -0.05) is 17.7 Å². The van der Waals surface area contributed by atoms with Crippen LogP contribution >= 0.6 is 11.6 Å². The molecule has 0 aromatic heterocycles. The lowest BCUT2D eigenvalue weighted by Gasteiger charge is -2.19. The highest BCUT2D eigenvalue weighted by Crippen LogP contribution is 2.30. The summed E-state index contributed by atoms with van der Waals surface area (Å²) in [5.74, 6) is 0. The fourth-order valence-corrected chi connectivity index (χ4v) is 2.19. The van der Waals surface area contributed by atoms with E-state index in [-0.39, 0.29) is 12.6 Å². The Kier molecular flexibility index (Phi) is 4.14. The molecule has 2 nitrogen and oxygen atoms in total. The van der Waals surface area contributed by atoms with E-state index in [1.165, 1.54) is 0 Å². The van der Waals surface area contributed by atoms with E-state index in [1.54, 1.807) is 0 Å². The summed E-state index contributed by atoms with van der Waals surface area (Å²) in [6.07, 6.45) is 0.571. The van der Waals surface area contributed by atoms with Crippen molar-refractivity contribution in [1.82, 2.24) is 0 Å². The normalized spacial score (nSPS) is 12.9. The molecule has 15 heavy (non-hydrogen) atoms. The maximum atomic E-state index is 8.89. The third-order valence-electron chi connectivity index (χ3n) is 2.75. The molecule has 1 rings (SSSR count). The molecule has 84 valence electrons. The van der Waals surface area contributed by atoms with Gasteiger partial charge in [0.2, 0.25) is 0 Å². The summed E-state index contributed by atoms with van der Waals surface area (Å²) in [4.78, 5) is 0. The van der Waals surface area contributed by atoms with E-state index < -0.39 is 0 Å². The second kappa shape index (κ2) is 4.97. The van der Waals surface area contributed by atoms with E-state index in [4.69, 9.17) is 22.4 Å². The van der Waals surface area contributed by atoms with Crippen LogP contribution in [0.15, 0.2) is 6.07 Å². The van der Waals surface area contributed by atoms with Crippen molar-refractivity contribution < 1.29 is 5.11 Å². The van der Waals surface area contributed by atoms with Gasteiger partial charge in [-0.3, -0.25) is 0 Å². The summed E-state index contributed by atoms with van der Waals surface area (Å²) in [7, 11) is 0. The van der Waals surface area contributed by atoms with Gasteiger partial charge in [-0.2, -0.15) is 0 Å². The maximum Gasteiger partial charge on any atom is 0.0467 e. The molecule has 0 aliphatic carbocycles. The molecule has 0 heterocycles. The smallest absolute Gasteiger partial charge is 0.0467 e. The largest absolute Gasteiger partial charge is 0.396 e. The third kappa shape index (κ3) is 2.51. The van der Waals surface area contributed by atoms with Crippen molar-refractivity contribution in [3.63, 3.8) is 0 Å². The predicted octanol–water partition coefficient (Wildman–Crippen LogP) is 2.65. The molecule has 1 aromatic carbocycles. The van der Waals surface area contributed by atoms with Gasteiger partial charge in [-0.25, -0.2) is 0 Å². The van der Waals surface area contributed by atoms with Gasteiger partial charge in [0.1, 0.15) is 0 Å². The molecular weight excluding hydrogens is 210 g/mol. The highest BCUT2D eigenvalue weighted by atomic mass is 35.5. The number of aliphatic hydroxyl groups is 1. The Hall–Kier alpha value is -0.570. The van der Waals surface area contributed by atoms with Gasteiger partial charge in [0.15, 0.2) is 0 Å². The zero-order valence-corrected chi connectivity index (χ0v) is 10.2. The minimum Gasteiger partial charge on any atom is -0.396 e. The summed E-state index contributed by atoms with van der Waals surface area (Å²) in [5.41, 5.74) is 10.3. The second-order valence-corrected chi connectivity index (χ2v) is 4.36. The number of aryl methyl sites for hydroxylation is 2. The molecule has 0 saturated heterocycles. The monoisotopic (exact) mass is 227 g/mol. The van der Waals surface area contributed by atoms with Gasteiger partial charge in [0.05, 0.1) is 0 Å². The Morgan fingerprint density at radius 1 is 1.33 bits per heavy atom. The first-order valence-corrected chi connectivity index (χ1v) is 5.49. The van der Waals surface area contributed by atoms with Crippen molar-refractivity contribution in [1.29, 1.82) is 0 Å². The molecule has 0 bridgehead atoms. The molecule has 0 aliphatic heterocycles. The van der Waals surface area contributed by atoms with E-state index in [1.807, 2.05) is 26.8 Å². The summed E-state index contributed by atoms with van der Waals surface area (Å²) < 4.78 is 0. The number of hydrogen-bond donors (Lipinski definition) is 2. The molecule has 0 amide bonds. The number of hydrogen-bond acceptors (Lipinski definition) is 2. The van der Waals surface area contributed by atoms with E-state index in [2.05, 4.69) is 0 Å². The minimum atomic E-state index is -0.131. The number of nitrogens with two attached hydrogens (primary N) is 1. The molecule has 1 unspecified atom stereocenters. The topological polar surface area (TPSA) is 46.2 Å². The first-order valence-electron chi connectivity index (χ1n) is 5.11. The minimum absolute atomic E-state index is 0.103. The van der Waals surface area contributed by atoms with E-state index >= 15 is 0 Å². The highest BCUT2D eigenvalue weighted by Gasteiger charge is 2.15. The van der Waals surface area contributed by atoms with Crippen LogP contribution < -0.4 is 5.73 Å². The first kappa shape index (κ1) is 12.5. The lowest BCUT2D eigenvalue weighted by atomic mass is 9.93. The SMILES string of the molecule is Cc1cc(C)c(C(N)CCO)c(C)c1Cl. The van der Waals surface area contributed by atoms with Gasteiger partial charge in [-0.15, -0.1) is 0 Å². The number of aliphatic hydroxyl groups excluding tert-OH is 1. The fraction of sp³-hybridized carbons (Fsp3) is 0.500.